The molecule has 10 heteroatoms. The van der Waals surface area contributed by atoms with Crippen molar-refractivity contribution in [2.24, 2.45) is 0 Å². The number of carbonyl (C=O) groups is 2. The average Bonchev–Trinajstić information content (AvgIpc) is 3.24. The van der Waals surface area contributed by atoms with Gasteiger partial charge in [-0.3, -0.25) is 10.1 Å². The third-order valence-electron chi connectivity index (χ3n) is 5.03. The molecule has 0 saturated heterocycles. The van der Waals surface area contributed by atoms with E-state index in [1.807, 2.05) is 6.07 Å². The van der Waals surface area contributed by atoms with Crippen LogP contribution < -0.4 is 30.2 Å². The van der Waals surface area contributed by atoms with Crippen LogP contribution in [0.5, 0.6) is 16.7 Å². The summed E-state index contributed by atoms with van der Waals surface area (Å²) in [5.41, 5.74) is 2.80. The predicted octanol–water partition coefficient (Wildman–Crippen LogP) is 3.35. The molecule has 172 valence electrons. The van der Waals surface area contributed by atoms with Gasteiger partial charge >= 0.3 is 6.09 Å². The van der Waals surface area contributed by atoms with Crippen molar-refractivity contribution in [3.05, 3.63) is 64.2 Å². The molecule has 0 spiro atoms. The number of fused-ring (bicyclic) bond motifs is 1. The van der Waals surface area contributed by atoms with Gasteiger partial charge in [0.2, 0.25) is 0 Å². The number of methoxy groups -OCH3 is 2. The van der Waals surface area contributed by atoms with Gasteiger partial charge in [0, 0.05) is 42.2 Å². The van der Waals surface area contributed by atoms with Gasteiger partial charge in [0.15, 0.2) is 11.5 Å². The summed E-state index contributed by atoms with van der Waals surface area (Å²) < 4.78 is 15.8. The minimum Gasteiger partial charge on any atom is -0.493 e. The molecule has 3 N–H and O–H groups in total. The van der Waals surface area contributed by atoms with Crippen molar-refractivity contribution in [1.82, 2.24) is 15.6 Å². The van der Waals surface area contributed by atoms with Gasteiger partial charge in [-0.1, -0.05) is 23.5 Å². The maximum Gasteiger partial charge on any atom is 0.419 e. The molecule has 2 heterocycles. The normalized spacial score (nSPS) is 12.4. The van der Waals surface area contributed by atoms with Crippen molar-refractivity contribution in [3.63, 3.8) is 0 Å². The first kappa shape index (κ1) is 22.6. The predicted molar refractivity (Wildman–Crippen MR) is 124 cm³/mol. The molecule has 4 rings (SSSR count). The second-order valence-electron chi connectivity index (χ2n) is 7.24. The monoisotopic (exact) mass is 468 g/mol. The molecule has 33 heavy (non-hydrogen) atoms. The van der Waals surface area contributed by atoms with E-state index in [9.17, 15) is 9.59 Å². The van der Waals surface area contributed by atoms with Gasteiger partial charge in [-0.05, 0) is 35.9 Å². The number of thiazole rings is 1. The smallest absolute Gasteiger partial charge is 0.419 e. The lowest BCUT2D eigenvalue weighted by molar-refractivity contribution is 0.0950. The van der Waals surface area contributed by atoms with Crippen molar-refractivity contribution in [2.75, 3.05) is 26.1 Å². The molecule has 0 fully saturated rings. The number of nitrogens with zero attached hydrogens (tertiary/aromatic N) is 1. The van der Waals surface area contributed by atoms with E-state index in [0.717, 1.165) is 35.6 Å². The number of benzene rings is 2. The molecule has 2 amide bonds. The Bertz CT molecular complexity index is 1140. The van der Waals surface area contributed by atoms with Crippen LogP contribution in [0.2, 0.25) is 0 Å². The Hall–Kier alpha value is -3.63. The number of carbonyl (C=O) groups excluding carboxylic acids is 2. The maximum atomic E-state index is 12.5. The summed E-state index contributed by atoms with van der Waals surface area (Å²) >= 11 is 1.37. The van der Waals surface area contributed by atoms with Crippen LogP contribution in [0, 0.1) is 0 Å². The average molecular weight is 469 g/mol. The Labute approximate surface area is 195 Å². The topological polar surface area (TPSA) is 111 Å². The van der Waals surface area contributed by atoms with E-state index in [0.29, 0.717) is 27.9 Å². The number of nitrogens with one attached hydrogen (secondary N) is 3. The SMILES string of the molecule is COc1ccc(C(=O)NCc2cccc(NC(=O)Oc3nc4c(s3)CNCC4)c2)cc1OC. The van der Waals surface area contributed by atoms with Crippen molar-refractivity contribution < 1.29 is 23.8 Å². The Balaban J connectivity index is 1.33. The van der Waals surface area contributed by atoms with Crippen LogP contribution in [-0.2, 0) is 19.5 Å². The molecule has 0 saturated carbocycles. The third kappa shape index (κ3) is 5.60. The van der Waals surface area contributed by atoms with Gasteiger partial charge < -0.3 is 24.8 Å². The van der Waals surface area contributed by atoms with E-state index in [2.05, 4.69) is 20.9 Å². The number of rotatable bonds is 7. The molecule has 1 aliphatic heterocycles. The number of ether oxygens (including phenoxy) is 3. The lowest BCUT2D eigenvalue weighted by Crippen LogP contribution is -2.23. The van der Waals surface area contributed by atoms with Gasteiger partial charge in [-0.2, -0.15) is 0 Å². The highest BCUT2D eigenvalue weighted by molar-refractivity contribution is 7.13. The summed E-state index contributed by atoms with van der Waals surface area (Å²) in [6, 6.07) is 12.1. The van der Waals surface area contributed by atoms with Crippen molar-refractivity contribution >= 4 is 29.0 Å². The fourth-order valence-electron chi connectivity index (χ4n) is 3.39. The van der Waals surface area contributed by atoms with Crippen molar-refractivity contribution in [3.8, 4) is 16.7 Å². The van der Waals surface area contributed by atoms with Crippen molar-refractivity contribution in [1.29, 1.82) is 0 Å². The molecule has 0 atom stereocenters. The van der Waals surface area contributed by atoms with Crippen LogP contribution in [-0.4, -0.2) is 37.7 Å². The molecule has 0 radical (unpaired) electrons. The summed E-state index contributed by atoms with van der Waals surface area (Å²) in [6.45, 7) is 1.90. The molecule has 0 bridgehead atoms. The zero-order valence-corrected chi connectivity index (χ0v) is 19.1. The molecule has 2 aromatic carbocycles. The summed E-state index contributed by atoms with van der Waals surface area (Å²) in [4.78, 5) is 30.3. The van der Waals surface area contributed by atoms with E-state index in [-0.39, 0.29) is 12.5 Å². The molecule has 1 aromatic heterocycles. The van der Waals surface area contributed by atoms with Crippen LogP contribution in [0.15, 0.2) is 42.5 Å². The lowest BCUT2D eigenvalue weighted by Gasteiger charge is -2.11. The van der Waals surface area contributed by atoms with E-state index in [1.165, 1.54) is 25.6 Å². The molecular formula is C23H24N4O5S. The van der Waals surface area contributed by atoms with Crippen LogP contribution in [0.1, 0.15) is 26.5 Å². The molecule has 1 aliphatic rings. The minimum absolute atomic E-state index is 0.254. The Morgan fingerprint density at radius 2 is 1.97 bits per heavy atom. The van der Waals surface area contributed by atoms with E-state index < -0.39 is 6.09 Å². The summed E-state index contributed by atoms with van der Waals surface area (Å²) in [6.07, 6.45) is 0.217. The van der Waals surface area contributed by atoms with Gasteiger partial charge in [0.05, 0.1) is 19.9 Å². The minimum atomic E-state index is -0.611. The van der Waals surface area contributed by atoms with Gasteiger partial charge in [0.1, 0.15) is 0 Å². The van der Waals surface area contributed by atoms with E-state index in [4.69, 9.17) is 14.2 Å². The van der Waals surface area contributed by atoms with E-state index in [1.54, 1.807) is 36.4 Å². The zero-order chi connectivity index (χ0) is 23.2. The third-order valence-corrected chi connectivity index (χ3v) is 6.01. The number of amides is 2. The fraction of sp³-hybridized carbons (Fsp3) is 0.261. The number of hydrogen-bond donors (Lipinski definition) is 3. The van der Waals surface area contributed by atoms with Gasteiger partial charge in [0.25, 0.3) is 11.1 Å². The zero-order valence-electron chi connectivity index (χ0n) is 18.3. The van der Waals surface area contributed by atoms with E-state index >= 15 is 0 Å². The maximum absolute atomic E-state index is 12.5. The van der Waals surface area contributed by atoms with Gasteiger partial charge in [-0.25, -0.2) is 9.78 Å². The largest absolute Gasteiger partial charge is 0.493 e. The highest BCUT2D eigenvalue weighted by Gasteiger charge is 2.17. The molecule has 9 nitrogen and oxygen atoms in total. The highest BCUT2D eigenvalue weighted by Crippen LogP contribution is 2.28. The highest BCUT2D eigenvalue weighted by atomic mass is 32.1. The first-order valence-corrected chi connectivity index (χ1v) is 11.1. The Morgan fingerprint density at radius 1 is 1.12 bits per heavy atom. The summed E-state index contributed by atoms with van der Waals surface area (Å²) in [5.74, 6) is 0.775. The van der Waals surface area contributed by atoms with Crippen molar-refractivity contribution in [2.45, 2.75) is 19.5 Å². The van der Waals surface area contributed by atoms with Crippen LogP contribution >= 0.6 is 11.3 Å². The molecule has 3 aromatic rings. The second kappa shape index (κ2) is 10.3. The molecular weight excluding hydrogens is 444 g/mol. The Morgan fingerprint density at radius 3 is 2.76 bits per heavy atom. The van der Waals surface area contributed by atoms with Gasteiger partial charge in [-0.15, -0.1) is 0 Å². The summed E-state index contributed by atoms with van der Waals surface area (Å²) in [7, 11) is 3.05. The number of aromatic nitrogens is 1. The first-order chi connectivity index (χ1) is 16.1. The number of anilines is 1. The lowest BCUT2D eigenvalue weighted by atomic mass is 10.1. The molecule has 0 aliphatic carbocycles. The fourth-order valence-corrected chi connectivity index (χ4v) is 4.31. The quantitative estimate of drug-likeness (QED) is 0.488. The number of hydrogen-bond acceptors (Lipinski definition) is 8. The first-order valence-electron chi connectivity index (χ1n) is 10.3. The standard InChI is InChI=1S/C23H24N4O5S/c1-30-18-7-6-15(11-19(18)31-2)21(28)25-12-14-4-3-5-16(10-14)26-22(29)32-23-27-17-8-9-24-13-20(17)33-23/h3-7,10-11,24H,8-9,12-13H2,1-2H3,(H,25,28)(H,26,29). The summed E-state index contributed by atoms with van der Waals surface area (Å²) in [5, 5.41) is 9.16. The van der Waals surface area contributed by atoms with Crippen LogP contribution in [0.4, 0.5) is 10.5 Å². The molecule has 0 unspecified atom stereocenters. The Kier molecular flexibility index (Phi) is 7.06. The van der Waals surface area contributed by atoms with Crippen LogP contribution in [0.25, 0.3) is 0 Å². The van der Waals surface area contributed by atoms with Crippen LogP contribution in [0.3, 0.4) is 0 Å². The second-order valence-corrected chi connectivity index (χ2v) is 8.29.